The Kier molecular flexibility index (Phi) is 3.41. The molecule has 5 nitrogen and oxygen atoms in total. The molecule has 1 N–H and O–H groups in total. The molecule has 0 radical (unpaired) electrons. The number of nitrogens with one attached hydrogen (secondary N) is 1. The molecule has 2 rings (SSSR count). The van der Waals surface area contributed by atoms with E-state index in [1.54, 1.807) is 12.1 Å². The zero-order chi connectivity index (χ0) is 13.3. The smallest absolute Gasteiger partial charge is 0.242 e. The van der Waals surface area contributed by atoms with Crippen LogP contribution in [-0.4, -0.2) is 32.7 Å². The number of carbonyl (C=O) groups excluding carboxylic acids is 1. The van der Waals surface area contributed by atoms with E-state index in [1.165, 1.54) is 26.2 Å². The minimum Gasteiger partial charge on any atom is -0.326 e. The van der Waals surface area contributed by atoms with Crippen molar-refractivity contribution in [2.24, 2.45) is 5.92 Å². The Morgan fingerprint density at radius 2 is 2.00 bits per heavy atom. The fourth-order valence-corrected chi connectivity index (χ4v) is 2.48. The highest BCUT2D eigenvalue weighted by molar-refractivity contribution is 7.89. The average Bonchev–Trinajstić information content (AvgIpc) is 3.12. The van der Waals surface area contributed by atoms with Crippen LogP contribution in [0.15, 0.2) is 29.2 Å². The normalized spacial score (nSPS) is 15.7. The molecule has 18 heavy (non-hydrogen) atoms. The first-order chi connectivity index (χ1) is 8.41. The summed E-state index contributed by atoms with van der Waals surface area (Å²) in [6.45, 7) is 0. The van der Waals surface area contributed by atoms with Gasteiger partial charge in [-0.15, -0.1) is 0 Å². The molecule has 1 aliphatic rings. The number of nitrogens with zero attached hydrogens (tertiary/aromatic N) is 1. The quantitative estimate of drug-likeness (QED) is 0.894. The third-order valence-corrected chi connectivity index (χ3v) is 4.64. The zero-order valence-corrected chi connectivity index (χ0v) is 11.2. The van der Waals surface area contributed by atoms with Gasteiger partial charge in [0.15, 0.2) is 0 Å². The maximum Gasteiger partial charge on any atom is 0.242 e. The van der Waals surface area contributed by atoms with Crippen molar-refractivity contribution in [3.8, 4) is 0 Å². The molecule has 0 bridgehead atoms. The number of benzene rings is 1. The molecule has 0 aromatic heterocycles. The van der Waals surface area contributed by atoms with E-state index >= 15 is 0 Å². The van der Waals surface area contributed by atoms with Crippen molar-refractivity contribution in [3.63, 3.8) is 0 Å². The molecule has 0 saturated heterocycles. The van der Waals surface area contributed by atoms with E-state index in [4.69, 9.17) is 0 Å². The van der Waals surface area contributed by atoms with E-state index in [0.29, 0.717) is 5.69 Å². The number of amides is 1. The van der Waals surface area contributed by atoms with Gasteiger partial charge in [-0.2, -0.15) is 0 Å². The second-order valence-corrected chi connectivity index (χ2v) is 6.73. The van der Waals surface area contributed by atoms with Crippen LogP contribution >= 0.6 is 0 Å². The molecule has 1 fully saturated rings. The van der Waals surface area contributed by atoms with Gasteiger partial charge >= 0.3 is 0 Å². The molecule has 1 aliphatic carbocycles. The Labute approximate surface area is 107 Å². The summed E-state index contributed by atoms with van der Waals surface area (Å²) in [5.41, 5.74) is 0.523. The Morgan fingerprint density at radius 1 is 1.33 bits per heavy atom. The Bertz CT molecular complexity index is 562. The first kappa shape index (κ1) is 13.0. The highest BCUT2D eigenvalue weighted by Crippen LogP contribution is 2.30. The molecule has 1 saturated carbocycles. The first-order valence-corrected chi connectivity index (χ1v) is 7.19. The number of hydrogen-bond donors (Lipinski definition) is 1. The number of rotatable bonds is 4. The van der Waals surface area contributed by atoms with Crippen LogP contribution in [0.25, 0.3) is 0 Å². The lowest BCUT2D eigenvalue weighted by molar-refractivity contribution is -0.117. The maximum atomic E-state index is 11.9. The molecule has 0 spiro atoms. The van der Waals surface area contributed by atoms with E-state index in [9.17, 15) is 13.2 Å². The molecule has 1 amide bonds. The third-order valence-electron chi connectivity index (χ3n) is 2.83. The average molecular weight is 268 g/mol. The molecule has 6 heteroatoms. The van der Waals surface area contributed by atoms with Crippen molar-refractivity contribution in [1.82, 2.24) is 4.31 Å². The molecule has 0 aliphatic heterocycles. The molecule has 1 aromatic rings. The number of sulfonamides is 1. The molecule has 0 heterocycles. The molecular weight excluding hydrogens is 252 g/mol. The van der Waals surface area contributed by atoms with Crippen LogP contribution in [-0.2, 0) is 14.8 Å². The fraction of sp³-hybridized carbons (Fsp3) is 0.417. The van der Waals surface area contributed by atoms with Crippen molar-refractivity contribution < 1.29 is 13.2 Å². The van der Waals surface area contributed by atoms with E-state index in [1.807, 2.05) is 0 Å². The lowest BCUT2D eigenvalue weighted by atomic mass is 10.3. The summed E-state index contributed by atoms with van der Waals surface area (Å²) in [7, 11) is -0.504. The van der Waals surface area contributed by atoms with Crippen LogP contribution < -0.4 is 5.32 Å². The van der Waals surface area contributed by atoms with Gasteiger partial charge in [-0.1, -0.05) is 6.07 Å². The van der Waals surface area contributed by atoms with Crippen molar-refractivity contribution >= 4 is 21.6 Å². The first-order valence-electron chi connectivity index (χ1n) is 5.75. The van der Waals surface area contributed by atoms with Gasteiger partial charge in [-0.25, -0.2) is 12.7 Å². The SMILES string of the molecule is CN(C)S(=O)(=O)c1cccc(NC(=O)C2CC2)c1. The Hall–Kier alpha value is -1.40. The summed E-state index contributed by atoms with van der Waals surface area (Å²) in [5.74, 6) is 0.0634. The van der Waals surface area contributed by atoms with Gasteiger partial charge in [0.05, 0.1) is 4.90 Å². The van der Waals surface area contributed by atoms with Crippen LogP contribution in [0.1, 0.15) is 12.8 Å². The molecular formula is C12H16N2O3S. The van der Waals surface area contributed by atoms with Crippen LogP contribution in [0, 0.1) is 5.92 Å². The topological polar surface area (TPSA) is 66.5 Å². The van der Waals surface area contributed by atoms with E-state index in [-0.39, 0.29) is 16.7 Å². The van der Waals surface area contributed by atoms with E-state index in [2.05, 4.69) is 5.32 Å². The van der Waals surface area contributed by atoms with Gasteiger partial charge < -0.3 is 5.32 Å². The predicted molar refractivity (Wildman–Crippen MR) is 68.7 cm³/mol. The van der Waals surface area contributed by atoms with Gasteiger partial charge in [-0.3, -0.25) is 4.79 Å². The van der Waals surface area contributed by atoms with Gasteiger partial charge in [0.25, 0.3) is 0 Å². The number of anilines is 1. The van der Waals surface area contributed by atoms with Crippen molar-refractivity contribution in [3.05, 3.63) is 24.3 Å². The largest absolute Gasteiger partial charge is 0.326 e. The molecule has 0 atom stereocenters. The van der Waals surface area contributed by atoms with Crippen molar-refractivity contribution in [2.75, 3.05) is 19.4 Å². The maximum absolute atomic E-state index is 11.9. The minimum absolute atomic E-state index is 0.0330. The van der Waals surface area contributed by atoms with Gasteiger partial charge in [-0.05, 0) is 31.0 Å². The lowest BCUT2D eigenvalue weighted by Crippen LogP contribution is -2.22. The summed E-state index contributed by atoms with van der Waals surface area (Å²) < 4.78 is 25.0. The summed E-state index contributed by atoms with van der Waals surface area (Å²) in [4.78, 5) is 11.8. The van der Waals surface area contributed by atoms with Crippen molar-refractivity contribution in [2.45, 2.75) is 17.7 Å². The summed E-state index contributed by atoms with van der Waals surface area (Å²) >= 11 is 0. The monoisotopic (exact) mass is 268 g/mol. The third kappa shape index (κ3) is 2.70. The van der Waals surface area contributed by atoms with Crippen LogP contribution in [0.5, 0.6) is 0 Å². The van der Waals surface area contributed by atoms with Gasteiger partial charge in [0.1, 0.15) is 0 Å². The van der Waals surface area contributed by atoms with Gasteiger partial charge in [0, 0.05) is 25.7 Å². The Morgan fingerprint density at radius 3 is 2.56 bits per heavy atom. The summed E-state index contributed by atoms with van der Waals surface area (Å²) in [5, 5.41) is 2.73. The standard InChI is InChI=1S/C12H16N2O3S/c1-14(2)18(16,17)11-5-3-4-10(8-11)13-12(15)9-6-7-9/h3-5,8-9H,6-7H2,1-2H3,(H,13,15). The van der Waals surface area contributed by atoms with Crippen LogP contribution in [0.2, 0.25) is 0 Å². The summed E-state index contributed by atoms with van der Waals surface area (Å²) in [6.07, 6.45) is 1.84. The fourth-order valence-electron chi connectivity index (χ4n) is 1.53. The summed E-state index contributed by atoms with van der Waals surface area (Å²) in [6, 6.07) is 6.31. The lowest BCUT2D eigenvalue weighted by Gasteiger charge is -2.12. The van der Waals surface area contributed by atoms with Crippen LogP contribution in [0.3, 0.4) is 0 Å². The second-order valence-electron chi connectivity index (χ2n) is 4.58. The van der Waals surface area contributed by atoms with Crippen molar-refractivity contribution in [1.29, 1.82) is 0 Å². The highest BCUT2D eigenvalue weighted by Gasteiger charge is 2.29. The van der Waals surface area contributed by atoms with E-state index < -0.39 is 10.0 Å². The zero-order valence-electron chi connectivity index (χ0n) is 10.4. The van der Waals surface area contributed by atoms with Gasteiger partial charge in [0.2, 0.25) is 15.9 Å². The van der Waals surface area contributed by atoms with E-state index in [0.717, 1.165) is 17.1 Å². The van der Waals surface area contributed by atoms with Crippen LogP contribution in [0.4, 0.5) is 5.69 Å². The predicted octanol–water partition coefficient (Wildman–Crippen LogP) is 1.29. The molecule has 98 valence electrons. The molecule has 1 aromatic carbocycles. The molecule has 0 unspecified atom stereocenters. The highest BCUT2D eigenvalue weighted by atomic mass is 32.2. The minimum atomic E-state index is -3.46. The number of hydrogen-bond acceptors (Lipinski definition) is 3. The Balaban J connectivity index is 2.22. The number of carbonyl (C=O) groups is 1. The second kappa shape index (κ2) is 4.70.